The summed E-state index contributed by atoms with van der Waals surface area (Å²) >= 11 is 0. The maximum absolute atomic E-state index is 11.4. The number of pyridine rings is 1. The highest BCUT2D eigenvalue weighted by Crippen LogP contribution is 2.53. The van der Waals surface area contributed by atoms with Gasteiger partial charge in [-0.3, -0.25) is 19.6 Å². The number of hydrogen-bond acceptors (Lipinski definition) is 4. The fraction of sp³-hybridized carbons (Fsp3) is 0.400. The van der Waals surface area contributed by atoms with E-state index in [1.54, 1.807) is 12.1 Å². The van der Waals surface area contributed by atoms with Crippen molar-refractivity contribution < 1.29 is 24.4 Å². The van der Waals surface area contributed by atoms with Gasteiger partial charge in [-0.2, -0.15) is 0 Å². The van der Waals surface area contributed by atoms with E-state index in [0.717, 1.165) is 6.92 Å². The second kappa shape index (κ2) is 6.06. The van der Waals surface area contributed by atoms with Crippen molar-refractivity contribution in [1.82, 2.24) is 10.0 Å². The topological polar surface area (TPSA) is 111 Å². The first-order valence-corrected chi connectivity index (χ1v) is 6.93. The number of nitrogens with zero attached hydrogens (tertiary/aromatic N) is 2. The van der Waals surface area contributed by atoms with Crippen LogP contribution in [0.2, 0.25) is 0 Å². The summed E-state index contributed by atoms with van der Waals surface area (Å²) in [6.45, 7) is 0.995. The number of hydrogen-bond donors (Lipinski definition) is 3. The molecule has 1 atom stereocenters. The van der Waals surface area contributed by atoms with Crippen LogP contribution in [0.1, 0.15) is 24.7 Å². The highest BCUT2D eigenvalue weighted by atomic mass is 31.2. The van der Waals surface area contributed by atoms with Crippen LogP contribution in [0.4, 0.5) is 0 Å². The number of carbonyl (C=O) groups is 1. The highest BCUT2D eigenvalue weighted by molar-refractivity contribution is 7.52. The highest BCUT2D eigenvalue weighted by Gasteiger charge is 2.31. The molecule has 0 radical (unpaired) electrons. The van der Waals surface area contributed by atoms with Crippen LogP contribution in [0.3, 0.4) is 0 Å². The quantitative estimate of drug-likeness (QED) is 0.418. The first kappa shape index (κ1) is 14.8. The van der Waals surface area contributed by atoms with E-state index in [1.165, 1.54) is 12.3 Å². The predicted octanol–water partition coefficient (Wildman–Crippen LogP) is 0.928. The summed E-state index contributed by atoms with van der Waals surface area (Å²) in [7, 11) is -4.40. The molecule has 0 fully saturated rings. The monoisotopic (exact) mass is 274 g/mol. The van der Waals surface area contributed by atoms with Gasteiger partial charge in [0.2, 0.25) is 5.91 Å². The molecule has 0 aliphatic rings. The van der Waals surface area contributed by atoms with E-state index in [4.69, 9.17) is 0 Å². The summed E-state index contributed by atoms with van der Waals surface area (Å²) in [5.41, 5.74) is -0.893. The second-order valence-corrected chi connectivity index (χ2v) is 5.59. The molecule has 7 nitrogen and oxygen atoms in total. The minimum Gasteiger partial charge on any atom is -0.324 e. The molecule has 100 valence electrons. The SMILES string of the molecule is CC(=O)N(O)CCC(c1ccccn1)P(=O)(O)O. The Hall–Kier alpha value is -1.27. The van der Waals surface area contributed by atoms with Crippen LogP contribution in [0.15, 0.2) is 24.4 Å². The minimum atomic E-state index is -4.40. The fourth-order valence-corrected chi connectivity index (χ4v) is 2.41. The van der Waals surface area contributed by atoms with Crippen molar-refractivity contribution in [2.24, 2.45) is 0 Å². The maximum atomic E-state index is 11.4. The first-order chi connectivity index (χ1) is 8.32. The largest absolute Gasteiger partial charge is 0.334 e. The standard InChI is InChI=1S/C10H15N2O5P/c1-8(13)12(14)7-5-10(18(15,16)17)9-4-2-3-6-11-9/h2-4,6,10,14H,5,7H2,1H3,(H2,15,16,17). The number of carbonyl (C=O) groups excluding carboxylic acids is 1. The molecular weight excluding hydrogens is 259 g/mol. The van der Waals surface area contributed by atoms with Gasteiger partial charge in [0.1, 0.15) is 5.66 Å². The number of aromatic nitrogens is 1. The summed E-state index contributed by atoms with van der Waals surface area (Å²) in [5.74, 6) is -0.583. The van der Waals surface area contributed by atoms with Gasteiger partial charge in [-0.05, 0) is 18.6 Å². The minimum absolute atomic E-state index is 0.0721. The average molecular weight is 274 g/mol. The van der Waals surface area contributed by atoms with Gasteiger partial charge in [0.25, 0.3) is 0 Å². The Bertz CT molecular complexity index is 447. The summed E-state index contributed by atoms with van der Waals surface area (Å²) in [6.07, 6.45) is 1.36. The Morgan fingerprint density at radius 2 is 2.17 bits per heavy atom. The van der Waals surface area contributed by atoms with Crippen LogP contribution < -0.4 is 0 Å². The van der Waals surface area contributed by atoms with Gasteiger partial charge in [-0.15, -0.1) is 0 Å². The molecule has 1 unspecified atom stereocenters. The van der Waals surface area contributed by atoms with E-state index in [0.29, 0.717) is 5.06 Å². The lowest BCUT2D eigenvalue weighted by Gasteiger charge is -2.20. The van der Waals surface area contributed by atoms with Gasteiger partial charge < -0.3 is 9.79 Å². The van der Waals surface area contributed by atoms with Crippen LogP contribution >= 0.6 is 7.60 Å². The molecule has 1 aromatic rings. The lowest BCUT2D eigenvalue weighted by Crippen LogP contribution is -2.27. The van der Waals surface area contributed by atoms with E-state index in [-0.39, 0.29) is 18.7 Å². The van der Waals surface area contributed by atoms with Crippen LogP contribution in [-0.2, 0) is 9.36 Å². The molecule has 0 aliphatic carbocycles. The molecule has 1 aromatic heterocycles. The Morgan fingerprint density at radius 3 is 2.61 bits per heavy atom. The van der Waals surface area contributed by atoms with Gasteiger partial charge in [-0.25, -0.2) is 5.06 Å². The Morgan fingerprint density at radius 1 is 1.50 bits per heavy atom. The van der Waals surface area contributed by atoms with Gasteiger partial charge in [0.15, 0.2) is 0 Å². The van der Waals surface area contributed by atoms with Crippen LogP contribution in [-0.4, -0.2) is 37.5 Å². The zero-order chi connectivity index (χ0) is 13.8. The van der Waals surface area contributed by atoms with Crippen molar-refractivity contribution in [1.29, 1.82) is 0 Å². The lowest BCUT2D eigenvalue weighted by atomic mass is 10.2. The Labute approximate surface area is 104 Å². The zero-order valence-corrected chi connectivity index (χ0v) is 10.7. The van der Waals surface area contributed by atoms with Crippen LogP contribution in [0.25, 0.3) is 0 Å². The Balaban J connectivity index is 2.82. The molecule has 18 heavy (non-hydrogen) atoms. The van der Waals surface area contributed by atoms with Crippen molar-refractivity contribution >= 4 is 13.5 Å². The normalized spacial score (nSPS) is 13.1. The zero-order valence-electron chi connectivity index (χ0n) is 9.80. The van der Waals surface area contributed by atoms with E-state index in [9.17, 15) is 24.4 Å². The summed E-state index contributed by atoms with van der Waals surface area (Å²) < 4.78 is 11.4. The molecule has 0 aromatic carbocycles. The third-order valence-corrected chi connectivity index (χ3v) is 3.75. The smallest absolute Gasteiger partial charge is 0.324 e. The van der Waals surface area contributed by atoms with E-state index in [2.05, 4.69) is 4.98 Å². The third kappa shape index (κ3) is 4.19. The van der Waals surface area contributed by atoms with Crippen molar-refractivity contribution in [2.45, 2.75) is 19.0 Å². The number of rotatable bonds is 5. The van der Waals surface area contributed by atoms with E-state index < -0.39 is 19.2 Å². The molecular formula is C10H15N2O5P. The van der Waals surface area contributed by atoms with Crippen molar-refractivity contribution in [3.63, 3.8) is 0 Å². The molecule has 3 N–H and O–H groups in total. The van der Waals surface area contributed by atoms with Gasteiger partial charge in [0.05, 0.1) is 5.69 Å². The average Bonchev–Trinajstić information content (AvgIpc) is 2.28. The molecule has 0 aliphatic heterocycles. The molecule has 1 amide bonds. The molecule has 1 heterocycles. The number of amides is 1. The van der Waals surface area contributed by atoms with Crippen LogP contribution in [0, 0.1) is 0 Å². The predicted molar refractivity (Wildman–Crippen MR) is 62.8 cm³/mol. The molecule has 0 bridgehead atoms. The molecule has 0 saturated heterocycles. The second-order valence-electron chi connectivity index (χ2n) is 3.79. The van der Waals surface area contributed by atoms with Crippen molar-refractivity contribution in [3.8, 4) is 0 Å². The fourth-order valence-electron chi connectivity index (χ4n) is 1.46. The summed E-state index contributed by atoms with van der Waals surface area (Å²) in [5, 5.41) is 9.62. The van der Waals surface area contributed by atoms with Crippen molar-refractivity contribution in [2.75, 3.05) is 6.54 Å². The summed E-state index contributed by atoms with van der Waals surface area (Å²) in [6, 6.07) is 4.75. The molecule has 8 heteroatoms. The van der Waals surface area contributed by atoms with Gasteiger partial charge >= 0.3 is 7.60 Å². The Kier molecular flexibility index (Phi) is 4.98. The van der Waals surface area contributed by atoms with E-state index >= 15 is 0 Å². The molecule has 1 rings (SSSR count). The van der Waals surface area contributed by atoms with E-state index in [1.807, 2.05) is 0 Å². The first-order valence-electron chi connectivity index (χ1n) is 5.25. The summed E-state index contributed by atoms with van der Waals surface area (Å²) in [4.78, 5) is 33.2. The van der Waals surface area contributed by atoms with Crippen molar-refractivity contribution in [3.05, 3.63) is 30.1 Å². The van der Waals surface area contributed by atoms with Crippen LogP contribution in [0.5, 0.6) is 0 Å². The van der Waals surface area contributed by atoms with Gasteiger partial charge in [-0.1, -0.05) is 6.07 Å². The lowest BCUT2D eigenvalue weighted by molar-refractivity contribution is -0.162. The maximum Gasteiger partial charge on any atom is 0.334 e. The third-order valence-electron chi connectivity index (χ3n) is 2.41. The number of hydroxylamine groups is 2. The molecule has 0 spiro atoms. The molecule has 0 saturated carbocycles. The van der Waals surface area contributed by atoms with Gasteiger partial charge in [0, 0.05) is 19.7 Å².